The summed E-state index contributed by atoms with van der Waals surface area (Å²) in [6.45, 7) is 2.84. The molecule has 2 N–H and O–H groups in total. The molecular formula is C37H31N3O6. The fraction of sp³-hybridized carbons (Fsp3) is 0.189. The standard InChI is InChI=1S/C37H31N3O6/c1-22-8-2-3-10-25(22)19-40-20-26(38-39-40)21-45-27-16-14-23(15-17-27)32(33-30(41)18-24-9-4-5-11-28(24)35(33)42)34-36(43)29-12-6-7-13-31(29)46-37(34)44/h2-17,20,32-33,35,42-43H,18-19,21H2,1H3. The van der Waals surface area contributed by atoms with Crippen LogP contribution >= 0.6 is 0 Å². The highest BCUT2D eigenvalue weighted by Crippen LogP contribution is 2.46. The van der Waals surface area contributed by atoms with Crippen molar-refractivity contribution < 1.29 is 24.2 Å². The zero-order valence-electron chi connectivity index (χ0n) is 25.0. The number of para-hydroxylation sites is 1. The van der Waals surface area contributed by atoms with Gasteiger partial charge in [0.05, 0.1) is 35.7 Å². The fourth-order valence-corrected chi connectivity index (χ4v) is 6.38. The Bertz CT molecular complexity index is 2120. The van der Waals surface area contributed by atoms with Gasteiger partial charge in [-0.1, -0.05) is 78.0 Å². The Labute approximate surface area is 264 Å². The number of carbonyl (C=O) groups excluding carboxylic acids is 1. The average molecular weight is 614 g/mol. The molecule has 0 fully saturated rings. The zero-order valence-corrected chi connectivity index (χ0v) is 25.0. The molecule has 0 spiro atoms. The van der Waals surface area contributed by atoms with Crippen molar-refractivity contribution in [3.8, 4) is 11.5 Å². The first kappa shape index (κ1) is 29.2. The van der Waals surface area contributed by atoms with Gasteiger partial charge >= 0.3 is 5.63 Å². The van der Waals surface area contributed by atoms with Crippen molar-refractivity contribution in [3.05, 3.63) is 153 Å². The number of carbonyl (C=O) groups is 1. The van der Waals surface area contributed by atoms with Crippen LogP contribution in [0.3, 0.4) is 0 Å². The van der Waals surface area contributed by atoms with Gasteiger partial charge in [-0.2, -0.15) is 0 Å². The van der Waals surface area contributed by atoms with Crippen LogP contribution in [0.15, 0.2) is 112 Å². The molecule has 2 heterocycles. The third-order valence-corrected chi connectivity index (χ3v) is 8.75. The summed E-state index contributed by atoms with van der Waals surface area (Å²) in [6, 6.07) is 29.0. The molecule has 1 aliphatic carbocycles. The van der Waals surface area contributed by atoms with E-state index in [1.807, 2.05) is 30.5 Å². The molecular weight excluding hydrogens is 582 g/mol. The first-order chi connectivity index (χ1) is 22.4. The zero-order chi connectivity index (χ0) is 31.8. The summed E-state index contributed by atoms with van der Waals surface area (Å²) < 4.78 is 13.4. The van der Waals surface area contributed by atoms with E-state index in [0.29, 0.717) is 34.5 Å². The molecule has 3 unspecified atom stereocenters. The monoisotopic (exact) mass is 613 g/mol. The number of aryl methyl sites for hydroxylation is 1. The summed E-state index contributed by atoms with van der Waals surface area (Å²) in [6.07, 6.45) is 0.734. The van der Waals surface area contributed by atoms with Crippen LogP contribution in [-0.4, -0.2) is 31.0 Å². The highest BCUT2D eigenvalue weighted by molar-refractivity contribution is 5.89. The lowest BCUT2D eigenvalue weighted by molar-refractivity contribution is -0.127. The molecule has 9 nitrogen and oxygen atoms in total. The Morgan fingerprint density at radius 1 is 0.957 bits per heavy atom. The van der Waals surface area contributed by atoms with E-state index >= 15 is 0 Å². The molecule has 7 rings (SSSR count). The molecule has 0 amide bonds. The van der Waals surface area contributed by atoms with E-state index in [1.165, 1.54) is 5.56 Å². The number of aliphatic hydroxyl groups excluding tert-OH is 1. The second-order valence-electron chi connectivity index (χ2n) is 11.6. The smallest absolute Gasteiger partial charge is 0.343 e. The van der Waals surface area contributed by atoms with Crippen LogP contribution < -0.4 is 10.4 Å². The number of ketones is 1. The van der Waals surface area contributed by atoms with Crippen molar-refractivity contribution >= 4 is 16.8 Å². The van der Waals surface area contributed by atoms with Gasteiger partial charge in [0, 0.05) is 12.3 Å². The normalized spacial score (nSPS) is 16.7. The number of benzene rings is 4. The highest BCUT2D eigenvalue weighted by atomic mass is 16.5. The first-order valence-corrected chi connectivity index (χ1v) is 15.1. The minimum absolute atomic E-state index is 0.0746. The van der Waals surface area contributed by atoms with Crippen molar-refractivity contribution in [1.82, 2.24) is 15.0 Å². The van der Waals surface area contributed by atoms with E-state index in [9.17, 15) is 19.8 Å². The number of aromatic hydroxyl groups is 1. The van der Waals surface area contributed by atoms with Crippen LogP contribution in [-0.2, 0) is 24.4 Å². The molecule has 230 valence electrons. The summed E-state index contributed by atoms with van der Waals surface area (Å²) in [5.41, 5.74) is 4.28. The summed E-state index contributed by atoms with van der Waals surface area (Å²) in [5.74, 6) is -2.01. The number of nitrogens with zero attached hydrogens (tertiary/aromatic N) is 3. The minimum atomic E-state index is -1.20. The molecule has 6 aromatic rings. The number of Topliss-reactive ketones (excluding diaryl/α,β-unsaturated/α-hetero) is 1. The van der Waals surface area contributed by atoms with Gasteiger partial charge < -0.3 is 19.4 Å². The number of hydrogen-bond donors (Lipinski definition) is 2. The summed E-state index contributed by atoms with van der Waals surface area (Å²) in [7, 11) is 0. The first-order valence-electron chi connectivity index (χ1n) is 15.1. The number of aliphatic hydroxyl groups is 1. The lowest BCUT2D eigenvalue weighted by Crippen LogP contribution is -2.36. The molecule has 9 heteroatoms. The summed E-state index contributed by atoms with van der Waals surface area (Å²) in [5, 5.41) is 31.8. The highest BCUT2D eigenvalue weighted by Gasteiger charge is 2.43. The predicted molar refractivity (Wildman–Crippen MR) is 171 cm³/mol. The Kier molecular flexibility index (Phi) is 7.68. The van der Waals surface area contributed by atoms with Crippen molar-refractivity contribution in [2.24, 2.45) is 5.92 Å². The quantitative estimate of drug-likeness (QED) is 0.212. The number of aromatic nitrogens is 3. The van der Waals surface area contributed by atoms with Crippen LogP contribution in [0.5, 0.6) is 11.5 Å². The molecule has 0 saturated carbocycles. The summed E-state index contributed by atoms with van der Waals surface area (Å²) in [4.78, 5) is 27.2. The van der Waals surface area contributed by atoms with Gasteiger partial charge in [-0.3, -0.25) is 4.79 Å². The minimum Gasteiger partial charge on any atom is -0.507 e. The Hall–Kier alpha value is -5.54. The molecule has 2 aromatic heterocycles. The maximum absolute atomic E-state index is 13.7. The largest absolute Gasteiger partial charge is 0.507 e. The fourth-order valence-electron chi connectivity index (χ4n) is 6.38. The van der Waals surface area contributed by atoms with Gasteiger partial charge in [0.15, 0.2) is 0 Å². The molecule has 0 bridgehead atoms. The van der Waals surface area contributed by atoms with E-state index in [2.05, 4.69) is 29.4 Å². The third kappa shape index (κ3) is 5.46. The average Bonchev–Trinajstić information content (AvgIpc) is 3.51. The number of hydrogen-bond acceptors (Lipinski definition) is 8. The Balaban J connectivity index is 1.19. The van der Waals surface area contributed by atoms with Crippen molar-refractivity contribution in [2.75, 3.05) is 0 Å². The van der Waals surface area contributed by atoms with Crippen molar-refractivity contribution in [3.63, 3.8) is 0 Å². The van der Waals surface area contributed by atoms with Crippen LogP contribution in [0.2, 0.25) is 0 Å². The van der Waals surface area contributed by atoms with Gasteiger partial charge in [-0.15, -0.1) is 5.10 Å². The van der Waals surface area contributed by atoms with E-state index in [-0.39, 0.29) is 35.7 Å². The maximum Gasteiger partial charge on any atom is 0.343 e. The molecule has 0 saturated heterocycles. The van der Waals surface area contributed by atoms with Crippen LogP contribution in [0.25, 0.3) is 11.0 Å². The second kappa shape index (κ2) is 12.1. The number of rotatable bonds is 8. The molecule has 1 aliphatic rings. The van der Waals surface area contributed by atoms with Gasteiger partial charge in [-0.05, 0) is 59.0 Å². The van der Waals surface area contributed by atoms with E-state index in [1.54, 1.807) is 65.3 Å². The molecule has 0 aliphatic heterocycles. The van der Waals surface area contributed by atoms with Gasteiger partial charge in [0.25, 0.3) is 0 Å². The Morgan fingerprint density at radius 2 is 1.70 bits per heavy atom. The second-order valence-corrected chi connectivity index (χ2v) is 11.6. The molecule has 4 aromatic carbocycles. The lowest BCUT2D eigenvalue weighted by Gasteiger charge is -2.35. The van der Waals surface area contributed by atoms with E-state index < -0.39 is 23.6 Å². The van der Waals surface area contributed by atoms with E-state index in [4.69, 9.17) is 9.15 Å². The van der Waals surface area contributed by atoms with E-state index in [0.717, 1.165) is 11.1 Å². The van der Waals surface area contributed by atoms with Gasteiger partial charge in [0.2, 0.25) is 0 Å². The van der Waals surface area contributed by atoms with Crippen LogP contribution in [0, 0.1) is 12.8 Å². The lowest BCUT2D eigenvalue weighted by atomic mass is 9.69. The number of fused-ring (bicyclic) bond motifs is 2. The summed E-state index contributed by atoms with van der Waals surface area (Å²) >= 11 is 0. The van der Waals surface area contributed by atoms with Crippen molar-refractivity contribution in [1.29, 1.82) is 0 Å². The Morgan fingerprint density at radius 3 is 2.52 bits per heavy atom. The molecule has 0 radical (unpaired) electrons. The van der Waals surface area contributed by atoms with Crippen LogP contribution in [0.1, 0.15) is 51.1 Å². The third-order valence-electron chi connectivity index (χ3n) is 8.75. The topological polar surface area (TPSA) is 128 Å². The maximum atomic E-state index is 13.7. The molecule has 3 atom stereocenters. The molecule has 46 heavy (non-hydrogen) atoms. The van der Waals surface area contributed by atoms with Crippen LogP contribution in [0.4, 0.5) is 0 Å². The van der Waals surface area contributed by atoms with Gasteiger partial charge in [-0.25, -0.2) is 9.48 Å². The number of ether oxygens (including phenoxy) is 1. The van der Waals surface area contributed by atoms with Crippen molar-refractivity contribution in [2.45, 2.75) is 38.5 Å². The predicted octanol–water partition coefficient (Wildman–Crippen LogP) is 5.63. The SMILES string of the molecule is Cc1ccccc1Cn1cc(COc2ccc(C(c3c(O)c4ccccc4oc3=O)C3C(=O)Cc4ccccc4C3O)cc2)nn1. The van der Waals surface area contributed by atoms with Gasteiger partial charge in [0.1, 0.15) is 35.2 Å².